The average Bonchev–Trinajstić information content (AvgIpc) is 3.45. The topological polar surface area (TPSA) is 66.5 Å². The zero-order valence-electron chi connectivity index (χ0n) is 20.8. The molecule has 1 fully saturated rings. The molecular formula is C33H23ClN2O3. The van der Waals surface area contributed by atoms with Crippen LogP contribution in [0.5, 0.6) is 0 Å². The summed E-state index contributed by atoms with van der Waals surface area (Å²) in [6, 6.07) is 29.4. The molecule has 190 valence electrons. The van der Waals surface area contributed by atoms with Crippen molar-refractivity contribution in [3.8, 4) is 0 Å². The number of fused-ring (bicyclic) bond motifs is 6. The fraction of sp³-hybridized carbons (Fsp3) is 0.121. The highest BCUT2D eigenvalue weighted by Crippen LogP contribution is 2.58. The van der Waals surface area contributed by atoms with Crippen molar-refractivity contribution in [2.45, 2.75) is 17.5 Å². The van der Waals surface area contributed by atoms with Crippen LogP contribution in [0, 0.1) is 5.92 Å². The average molecular weight is 531 g/mol. The number of benzene rings is 4. The molecule has 4 unspecified atom stereocenters. The molecule has 0 saturated carbocycles. The lowest BCUT2D eigenvalue weighted by Crippen LogP contribution is -2.51. The zero-order valence-corrected chi connectivity index (χ0v) is 21.5. The van der Waals surface area contributed by atoms with Crippen LogP contribution in [0.3, 0.4) is 0 Å². The van der Waals surface area contributed by atoms with Crippen molar-refractivity contribution in [3.05, 3.63) is 136 Å². The van der Waals surface area contributed by atoms with Crippen molar-refractivity contribution in [1.29, 1.82) is 0 Å². The number of ketones is 2. The third-order valence-corrected chi connectivity index (χ3v) is 8.50. The molecule has 5 nitrogen and oxygen atoms in total. The minimum Gasteiger partial charge on any atom is -0.352 e. The molecule has 1 spiro atoms. The summed E-state index contributed by atoms with van der Waals surface area (Å²) in [4.78, 5) is 45.4. The fourth-order valence-electron chi connectivity index (χ4n) is 6.71. The molecule has 0 bridgehead atoms. The number of amides is 1. The molecule has 7 rings (SSSR count). The van der Waals surface area contributed by atoms with Crippen molar-refractivity contribution >= 4 is 46.5 Å². The summed E-state index contributed by atoms with van der Waals surface area (Å²) in [6.45, 7) is 0. The molecule has 1 saturated heterocycles. The molecule has 1 N–H and O–H groups in total. The number of rotatable bonds is 4. The van der Waals surface area contributed by atoms with Crippen LogP contribution in [-0.2, 0) is 10.2 Å². The van der Waals surface area contributed by atoms with Gasteiger partial charge in [-0.3, -0.25) is 14.4 Å². The Morgan fingerprint density at radius 2 is 1.44 bits per heavy atom. The molecule has 4 aromatic carbocycles. The van der Waals surface area contributed by atoms with E-state index >= 15 is 0 Å². The summed E-state index contributed by atoms with van der Waals surface area (Å²) in [7, 11) is 0. The molecule has 3 heterocycles. The second kappa shape index (κ2) is 8.79. The largest absolute Gasteiger partial charge is 0.352 e. The first-order valence-corrected chi connectivity index (χ1v) is 13.2. The molecule has 0 radical (unpaired) electrons. The Kier molecular flexibility index (Phi) is 5.32. The van der Waals surface area contributed by atoms with Gasteiger partial charge in [0.05, 0.1) is 12.0 Å². The highest BCUT2D eigenvalue weighted by molar-refractivity contribution is 6.31. The van der Waals surface area contributed by atoms with E-state index in [-0.39, 0.29) is 17.5 Å². The van der Waals surface area contributed by atoms with E-state index in [9.17, 15) is 14.4 Å². The first kappa shape index (κ1) is 23.6. The number of nitrogens with one attached hydrogen (secondary N) is 1. The maximum atomic E-state index is 14.6. The van der Waals surface area contributed by atoms with E-state index in [1.54, 1.807) is 42.5 Å². The van der Waals surface area contributed by atoms with Crippen LogP contribution in [0.2, 0.25) is 5.02 Å². The third-order valence-electron chi connectivity index (χ3n) is 8.26. The highest BCUT2D eigenvalue weighted by Gasteiger charge is 2.70. The lowest BCUT2D eigenvalue weighted by Gasteiger charge is -2.37. The Labute approximate surface area is 230 Å². The van der Waals surface area contributed by atoms with Crippen molar-refractivity contribution < 1.29 is 14.4 Å². The summed E-state index contributed by atoms with van der Waals surface area (Å²) in [5, 5.41) is 3.61. The Bertz CT molecular complexity index is 1680. The predicted octanol–water partition coefficient (Wildman–Crippen LogP) is 6.20. The monoisotopic (exact) mass is 530 g/mol. The predicted molar refractivity (Wildman–Crippen MR) is 152 cm³/mol. The molecule has 6 heteroatoms. The first-order valence-electron chi connectivity index (χ1n) is 12.9. The SMILES string of the molecule is O=C(c1ccccc1)C1C(C(=O)c2ccccc2)C2(C(=O)Nc3ccccc32)C2C=Cc3cc(Cl)ccc3N12. The summed E-state index contributed by atoms with van der Waals surface area (Å²) < 4.78 is 0. The number of hydrogen-bond acceptors (Lipinski definition) is 4. The second-order valence-electron chi connectivity index (χ2n) is 10.2. The van der Waals surface area contributed by atoms with Gasteiger partial charge in [-0.2, -0.15) is 0 Å². The molecule has 0 aliphatic carbocycles. The van der Waals surface area contributed by atoms with Crippen LogP contribution in [0.15, 0.2) is 109 Å². The first-order chi connectivity index (χ1) is 19.0. The number of Topliss-reactive ketones (excluding diaryl/α,β-unsaturated/α-hetero) is 2. The maximum absolute atomic E-state index is 14.6. The van der Waals surface area contributed by atoms with Gasteiger partial charge in [0, 0.05) is 27.5 Å². The molecule has 4 atom stereocenters. The smallest absolute Gasteiger partial charge is 0.238 e. The van der Waals surface area contributed by atoms with Gasteiger partial charge in [0.1, 0.15) is 11.5 Å². The van der Waals surface area contributed by atoms with Crippen molar-refractivity contribution in [3.63, 3.8) is 0 Å². The van der Waals surface area contributed by atoms with Crippen LogP contribution in [0.4, 0.5) is 11.4 Å². The van der Waals surface area contributed by atoms with Gasteiger partial charge < -0.3 is 10.2 Å². The van der Waals surface area contributed by atoms with Gasteiger partial charge in [-0.15, -0.1) is 0 Å². The van der Waals surface area contributed by atoms with Crippen LogP contribution in [0.25, 0.3) is 6.08 Å². The van der Waals surface area contributed by atoms with Gasteiger partial charge in [0.25, 0.3) is 0 Å². The van der Waals surface area contributed by atoms with Crippen molar-refractivity contribution in [2.75, 3.05) is 10.2 Å². The molecule has 3 aliphatic rings. The number of hydrogen-bond donors (Lipinski definition) is 1. The van der Waals surface area contributed by atoms with Gasteiger partial charge in [0.15, 0.2) is 11.6 Å². The van der Waals surface area contributed by atoms with E-state index in [1.165, 1.54) is 0 Å². The van der Waals surface area contributed by atoms with Gasteiger partial charge in [-0.05, 0) is 35.4 Å². The van der Waals surface area contributed by atoms with Gasteiger partial charge in [-0.25, -0.2) is 0 Å². The summed E-state index contributed by atoms with van der Waals surface area (Å²) in [5.74, 6) is -1.72. The number of halogens is 1. The number of carbonyl (C=O) groups excluding carboxylic acids is 3. The van der Waals surface area contributed by atoms with E-state index in [0.717, 1.165) is 16.8 Å². The second-order valence-corrected chi connectivity index (χ2v) is 10.6. The van der Waals surface area contributed by atoms with E-state index in [4.69, 9.17) is 11.6 Å². The highest BCUT2D eigenvalue weighted by atomic mass is 35.5. The molecule has 1 amide bonds. The van der Waals surface area contributed by atoms with E-state index in [2.05, 4.69) is 5.32 Å². The lowest BCUT2D eigenvalue weighted by atomic mass is 9.64. The van der Waals surface area contributed by atoms with Crippen molar-refractivity contribution in [2.24, 2.45) is 5.92 Å². The fourth-order valence-corrected chi connectivity index (χ4v) is 6.89. The van der Waals surface area contributed by atoms with Crippen molar-refractivity contribution in [1.82, 2.24) is 0 Å². The summed E-state index contributed by atoms with van der Waals surface area (Å²) >= 11 is 6.35. The van der Waals surface area contributed by atoms with Crippen LogP contribution in [-0.4, -0.2) is 29.6 Å². The standard InChI is InChI=1S/C33H23ClN2O3/c34-23-16-17-26-22(19-23)15-18-27-33(24-13-7-8-14-25(24)35-32(33)39)28(30(37)20-9-3-1-4-10-20)29(36(26)27)31(38)21-11-5-2-6-12-21/h1-19,27-29H,(H,35,39). The molecule has 4 aromatic rings. The third kappa shape index (κ3) is 3.30. The summed E-state index contributed by atoms with van der Waals surface area (Å²) in [5.41, 5.74) is 2.61. The molecular weight excluding hydrogens is 508 g/mol. The number of para-hydroxylation sites is 1. The van der Waals surface area contributed by atoms with Crippen LogP contribution < -0.4 is 10.2 Å². The minimum absolute atomic E-state index is 0.208. The lowest BCUT2D eigenvalue weighted by molar-refractivity contribution is -0.121. The van der Waals surface area contributed by atoms with Gasteiger partial charge >= 0.3 is 0 Å². The Morgan fingerprint density at radius 3 is 2.15 bits per heavy atom. The van der Waals surface area contributed by atoms with E-state index < -0.39 is 23.4 Å². The molecule has 39 heavy (non-hydrogen) atoms. The quantitative estimate of drug-likeness (QED) is 0.319. The zero-order chi connectivity index (χ0) is 26.7. The maximum Gasteiger partial charge on any atom is 0.238 e. The number of anilines is 2. The molecule has 3 aliphatic heterocycles. The van der Waals surface area contributed by atoms with Crippen LogP contribution >= 0.6 is 11.6 Å². The Morgan fingerprint density at radius 1 is 0.795 bits per heavy atom. The number of nitrogens with zero attached hydrogens (tertiary/aromatic N) is 1. The normalized spacial score (nSPS) is 24.2. The van der Waals surface area contributed by atoms with E-state index in [0.29, 0.717) is 21.8 Å². The van der Waals surface area contributed by atoms with Gasteiger partial charge in [-0.1, -0.05) is 103 Å². The van der Waals surface area contributed by atoms with E-state index in [1.807, 2.05) is 77.7 Å². The Balaban J connectivity index is 1.55. The van der Waals surface area contributed by atoms with Crippen LogP contribution in [0.1, 0.15) is 31.8 Å². The van der Waals surface area contributed by atoms with Gasteiger partial charge in [0.2, 0.25) is 5.91 Å². The summed E-state index contributed by atoms with van der Waals surface area (Å²) in [6.07, 6.45) is 3.89. The minimum atomic E-state index is -1.33. The Hall–Kier alpha value is -4.48. The number of carbonyl (C=O) groups is 3. The molecule has 0 aromatic heterocycles.